The maximum Gasteiger partial charge on any atom is 0.274 e. The first kappa shape index (κ1) is 15.7. The number of aryl methyl sites for hydroxylation is 1. The van der Waals surface area contributed by atoms with E-state index in [4.69, 9.17) is 0 Å². The Morgan fingerprint density at radius 1 is 1.00 bits per heavy atom. The highest BCUT2D eigenvalue weighted by Crippen LogP contribution is 2.19. The molecular formula is C19H16FN3O. The number of carbonyl (C=O) groups is 1. The van der Waals surface area contributed by atoms with Crippen LogP contribution in [0.4, 0.5) is 21.5 Å². The average Bonchev–Trinajstić information content (AvgIpc) is 2.57. The number of carbonyl (C=O) groups excluding carboxylic acids is 1. The second-order valence-electron chi connectivity index (χ2n) is 5.36. The fraction of sp³-hybridized carbons (Fsp3) is 0.0526. The molecule has 0 bridgehead atoms. The van der Waals surface area contributed by atoms with E-state index in [1.54, 1.807) is 24.3 Å². The first-order valence-corrected chi connectivity index (χ1v) is 7.47. The normalized spacial score (nSPS) is 10.2. The van der Waals surface area contributed by atoms with Crippen LogP contribution in [-0.4, -0.2) is 10.9 Å². The maximum absolute atomic E-state index is 13.6. The number of nitrogens with zero attached hydrogens (tertiary/aromatic N) is 1. The van der Waals surface area contributed by atoms with Crippen molar-refractivity contribution < 1.29 is 9.18 Å². The molecule has 120 valence electrons. The van der Waals surface area contributed by atoms with Crippen molar-refractivity contribution in [3.05, 3.63) is 83.9 Å². The van der Waals surface area contributed by atoms with Crippen LogP contribution in [0.15, 0.2) is 66.9 Å². The minimum absolute atomic E-state index is 0.126. The summed E-state index contributed by atoms with van der Waals surface area (Å²) in [5.74, 6) is -0.951. The van der Waals surface area contributed by atoms with Gasteiger partial charge in [-0.3, -0.25) is 9.78 Å². The Bertz CT molecular complexity index is 880. The van der Waals surface area contributed by atoms with Crippen LogP contribution < -0.4 is 10.6 Å². The number of hydrogen-bond donors (Lipinski definition) is 2. The number of amides is 1. The molecule has 0 spiro atoms. The highest BCUT2D eigenvalue weighted by Gasteiger charge is 2.11. The standard InChI is InChI=1S/C19H16FN3O/c1-13-5-4-6-14(11-13)22-15-9-10-21-18(12-15)19(24)23-17-8-3-2-7-16(17)20/h2-12H,1H3,(H,21,22)(H,23,24). The Kier molecular flexibility index (Phi) is 4.52. The van der Waals surface area contributed by atoms with Crippen molar-refractivity contribution in [1.82, 2.24) is 4.98 Å². The number of para-hydroxylation sites is 1. The molecule has 0 fully saturated rings. The highest BCUT2D eigenvalue weighted by molar-refractivity contribution is 6.03. The van der Waals surface area contributed by atoms with E-state index in [2.05, 4.69) is 15.6 Å². The summed E-state index contributed by atoms with van der Waals surface area (Å²) >= 11 is 0. The number of aromatic nitrogens is 1. The van der Waals surface area contributed by atoms with Gasteiger partial charge in [-0.1, -0.05) is 24.3 Å². The summed E-state index contributed by atoms with van der Waals surface area (Å²) in [6, 6.07) is 17.3. The Labute approximate surface area is 139 Å². The number of halogens is 1. The summed E-state index contributed by atoms with van der Waals surface area (Å²) in [7, 11) is 0. The summed E-state index contributed by atoms with van der Waals surface area (Å²) in [6.45, 7) is 2.00. The second-order valence-corrected chi connectivity index (χ2v) is 5.36. The third-order valence-electron chi connectivity index (χ3n) is 3.42. The smallest absolute Gasteiger partial charge is 0.274 e. The van der Waals surface area contributed by atoms with Gasteiger partial charge in [0.25, 0.3) is 5.91 Å². The average molecular weight is 321 g/mol. The van der Waals surface area contributed by atoms with Crippen LogP contribution in [0.25, 0.3) is 0 Å². The van der Waals surface area contributed by atoms with Gasteiger partial charge in [0.1, 0.15) is 11.5 Å². The summed E-state index contributed by atoms with van der Waals surface area (Å²) in [6.07, 6.45) is 1.54. The van der Waals surface area contributed by atoms with E-state index in [0.717, 1.165) is 16.9 Å². The molecule has 4 nitrogen and oxygen atoms in total. The van der Waals surface area contributed by atoms with Gasteiger partial charge in [-0.2, -0.15) is 0 Å². The third kappa shape index (κ3) is 3.76. The molecular weight excluding hydrogens is 305 g/mol. The molecule has 2 aromatic carbocycles. The molecule has 1 aromatic heterocycles. The zero-order valence-corrected chi connectivity index (χ0v) is 13.1. The molecule has 3 aromatic rings. The molecule has 0 unspecified atom stereocenters. The van der Waals surface area contributed by atoms with Gasteiger partial charge in [0.15, 0.2) is 0 Å². The van der Waals surface area contributed by atoms with Crippen LogP contribution in [0.3, 0.4) is 0 Å². The molecule has 1 amide bonds. The molecule has 0 atom stereocenters. The lowest BCUT2D eigenvalue weighted by molar-refractivity contribution is 0.102. The van der Waals surface area contributed by atoms with Gasteiger partial charge in [0.2, 0.25) is 0 Å². The monoisotopic (exact) mass is 321 g/mol. The molecule has 0 aliphatic heterocycles. The summed E-state index contributed by atoms with van der Waals surface area (Å²) < 4.78 is 13.6. The Balaban J connectivity index is 1.77. The van der Waals surface area contributed by atoms with Crippen LogP contribution in [0.2, 0.25) is 0 Å². The Hall–Kier alpha value is -3.21. The number of pyridine rings is 1. The number of rotatable bonds is 4. The topological polar surface area (TPSA) is 54.0 Å². The van der Waals surface area contributed by atoms with Crippen LogP contribution in [-0.2, 0) is 0 Å². The van der Waals surface area contributed by atoms with Crippen LogP contribution in [0.1, 0.15) is 16.1 Å². The van der Waals surface area contributed by atoms with Crippen molar-refractivity contribution in [3.63, 3.8) is 0 Å². The minimum atomic E-state index is -0.486. The quantitative estimate of drug-likeness (QED) is 0.742. The van der Waals surface area contributed by atoms with Crippen molar-refractivity contribution in [2.75, 3.05) is 10.6 Å². The Morgan fingerprint density at radius 3 is 2.58 bits per heavy atom. The molecule has 1 heterocycles. The first-order chi connectivity index (χ1) is 11.6. The lowest BCUT2D eigenvalue weighted by Gasteiger charge is -2.09. The molecule has 0 aliphatic carbocycles. The third-order valence-corrected chi connectivity index (χ3v) is 3.42. The molecule has 0 saturated heterocycles. The van der Waals surface area contributed by atoms with Gasteiger partial charge >= 0.3 is 0 Å². The van der Waals surface area contributed by atoms with E-state index in [1.165, 1.54) is 18.3 Å². The van der Waals surface area contributed by atoms with Gasteiger partial charge in [0.05, 0.1) is 5.69 Å². The molecule has 5 heteroatoms. The summed E-state index contributed by atoms with van der Waals surface area (Å²) in [5, 5.41) is 5.74. The van der Waals surface area contributed by atoms with Crippen LogP contribution in [0, 0.1) is 12.7 Å². The van der Waals surface area contributed by atoms with E-state index in [9.17, 15) is 9.18 Å². The number of benzene rings is 2. The highest BCUT2D eigenvalue weighted by atomic mass is 19.1. The predicted molar refractivity (Wildman–Crippen MR) is 93.1 cm³/mol. The zero-order valence-electron chi connectivity index (χ0n) is 13.1. The SMILES string of the molecule is Cc1cccc(Nc2ccnc(C(=O)Nc3ccccc3F)c2)c1. The van der Waals surface area contributed by atoms with Crippen molar-refractivity contribution in [2.24, 2.45) is 0 Å². The lowest BCUT2D eigenvalue weighted by atomic mass is 10.2. The van der Waals surface area contributed by atoms with Crippen LogP contribution >= 0.6 is 0 Å². The number of nitrogens with one attached hydrogen (secondary N) is 2. The lowest BCUT2D eigenvalue weighted by Crippen LogP contribution is -2.14. The van der Waals surface area contributed by atoms with E-state index >= 15 is 0 Å². The first-order valence-electron chi connectivity index (χ1n) is 7.47. The van der Waals surface area contributed by atoms with E-state index in [0.29, 0.717) is 0 Å². The van der Waals surface area contributed by atoms with Crippen molar-refractivity contribution in [2.45, 2.75) is 6.92 Å². The van der Waals surface area contributed by atoms with Gasteiger partial charge in [0, 0.05) is 17.6 Å². The van der Waals surface area contributed by atoms with Crippen molar-refractivity contribution >= 4 is 23.0 Å². The molecule has 0 aliphatic rings. The molecule has 2 N–H and O–H groups in total. The van der Waals surface area contributed by atoms with E-state index in [1.807, 2.05) is 31.2 Å². The second kappa shape index (κ2) is 6.91. The van der Waals surface area contributed by atoms with E-state index < -0.39 is 11.7 Å². The summed E-state index contributed by atoms with van der Waals surface area (Å²) in [5.41, 5.74) is 3.11. The van der Waals surface area contributed by atoms with Gasteiger partial charge in [-0.05, 0) is 48.9 Å². The van der Waals surface area contributed by atoms with E-state index in [-0.39, 0.29) is 11.4 Å². The fourth-order valence-electron chi connectivity index (χ4n) is 2.27. The molecule has 24 heavy (non-hydrogen) atoms. The number of hydrogen-bond acceptors (Lipinski definition) is 3. The fourth-order valence-corrected chi connectivity index (χ4v) is 2.27. The summed E-state index contributed by atoms with van der Waals surface area (Å²) in [4.78, 5) is 16.3. The maximum atomic E-state index is 13.6. The van der Waals surface area contributed by atoms with Crippen molar-refractivity contribution in [1.29, 1.82) is 0 Å². The van der Waals surface area contributed by atoms with Gasteiger partial charge < -0.3 is 10.6 Å². The van der Waals surface area contributed by atoms with Crippen LogP contribution in [0.5, 0.6) is 0 Å². The Morgan fingerprint density at radius 2 is 1.79 bits per heavy atom. The number of anilines is 3. The van der Waals surface area contributed by atoms with Gasteiger partial charge in [-0.15, -0.1) is 0 Å². The zero-order chi connectivity index (χ0) is 16.9. The predicted octanol–water partition coefficient (Wildman–Crippen LogP) is 4.53. The largest absolute Gasteiger partial charge is 0.355 e. The molecule has 0 radical (unpaired) electrons. The van der Waals surface area contributed by atoms with Crippen molar-refractivity contribution in [3.8, 4) is 0 Å². The minimum Gasteiger partial charge on any atom is -0.355 e. The molecule has 0 saturated carbocycles. The molecule has 3 rings (SSSR count). The van der Waals surface area contributed by atoms with Gasteiger partial charge in [-0.25, -0.2) is 4.39 Å².